The van der Waals surface area contributed by atoms with Gasteiger partial charge in [-0.25, -0.2) is 0 Å². The van der Waals surface area contributed by atoms with Gasteiger partial charge in [0.05, 0.1) is 11.0 Å². The van der Waals surface area contributed by atoms with Crippen molar-refractivity contribution in [2.24, 2.45) is 0 Å². The van der Waals surface area contributed by atoms with Crippen LogP contribution in [-0.4, -0.2) is 24.2 Å². The van der Waals surface area contributed by atoms with E-state index in [9.17, 15) is 10.1 Å². The van der Waals surface area contributed by atoms with E-state index in [-0.39, 0.29) is 28.8 Å². The summed E-state index contributed by atoms with van der Waals surface area (Å²) in [7, 11) is 1.72. The highest BCUT2D eigenvalue weighted by atomic mass is 16.6. The second kappa shape index (κ2) is 6.12. The van der Waals surface area contributed by atoms with E-state index in [4.69, 9.17) is 4.74 Å². The van der Waals surface area contributed by atoms with Crippen LogP contribution >= 0.6 is 0 Å². The molecule has 5 heteroatoms. The number of hydrogen-bond acceptors (Lipinski definition) is 4. The van der Waals surface area contributed by atoms with Gasteiger partial charge >= 0.3 is 0 Å². The van der Waals surface area contributed by atoms with Crippen LogP contribution in [0.5, 0.6) is 0 Å². The fourth-order valence-electron chi connectivity index (χ4n) is 2.83. The fraction of sp³-hybridized carbons (Fsp3) is 0.571. The van der Waals surface area contributed by atoms with E-state index in [0.717, 1.165) is 24.8 Å². The predicted octanol–water partition coefficient (Wildman–Crippen LogP) is 2.81. The normalized spacial score (nSPS) is 24.3. The van der Waals surface area contributed by atoms with Gasteiger partial charge in [-0.3, -0.25) is 10.1 Å². The van der Waals surface area contributed by atoms with E-state index in [1.54, 1.807) is 19.2 Å². The van der Waals surface area contributed by atoms with Gasteiger partial charge < -0.3 is 10.1 Å². The third-order valence-electron chi connectivity index (χ3n) is 3.82. The van der Waals surface area contributed by atoms with Crippen LogP contribution in [0.15, 0.2) is 24.3 Å². The average molecular weight is 264 g/mol. The van der Waals surface area contributed by atoms with Crippen LogP contribution < -0.4 is 5.32 Å². The lowest BCUT2D eigenvalue weighted by atomic mass is 10.0. The summed E-state index contributed by atoms with van der Waals surface area (Å²) in [4.78, 5) is 10.7. The average Bonchev–Trinajstić information content (AvgIpc) is 2.85. The molecule has 1 fully saturated rings. The van der Waals surface area contributed by atoms with Crippen LogP contribution in [-0.2, 0) is 4.74 Å². The van der Waals surface area contributed by atoms with Crippen molar-refractivity contribution in [3.05, 3.63) is 39.9 Å². The molecule has 0 aromatic heterocycles. The van der Waals surface area contributed by atoms with Crippen molar-refractivity contribution in [2.45, 2.75) is 44.4 Å². The largest absolute Gasteiger partial charge is 0.380 e. The van der Waals surface area contributed by atoms with Gasteiger partial charge in [-0.1, -0.05) is 18.2 Å². The second-order valence-electron chi connectivity index (χ2n) is 5.02. The molecule has 1 aliphatic carbocycles. The Balaban J connectivity index is 2.11. The Bertz CT molecular complexity index is 450. The molecule has 104 valence electrons. The first kappa shape index (κ1) is 14.0. The number of hydrogen-bond donors (Lipinski definition) is 1. The molecular weight excluding hydrogens is 244 g/mol. The van der Waals surface area contributed by atoms with E-state index < -0.39 is 0 Å². The molecule has 3 atom stereocenters. The van der Waals surface area contributed by atoms with Crippen molar-refractivity contribution >= 4 is 5.69 Å². The van der Waals surface area contributed by atoms with Crippen LogP contribution in [0.4, 0.5) is 5.69 Å². The highest BCUT2D eigenvalue weighted by Gasteiger charge is 2.29. The minimum atomic E-state index is -0.323. The van der Waals surface area contributed by atoms with Gasteiger partial charge in [-0.05, 0) is 26.2 Å². The quantitative estimate of drug-likeness (QED) is 0.656. The number of nitrogens with zero attached hydrogens (tertiary/aromatic N) is 1. The first-order chi connectivity index (χ1) is 9.13. The standard InChI is InChI=1S/C14H20N2O3/c1-10(15-12-7-5-9-14(12)19-2)11-6-3-4-8-13(11)16(17)18/h3-4,6,8,10,12,14-15H,5,7,9H2,1-2H3. The summed E-state index contributed by atoms with van der Waals surface area (Å²) in [5.74, 6) is 0. The molecule has 1 N–H and O–H groups in total. The van der Waals surface area contributed by atoms with E-state index in [2.05, 4.69) is 5.32 Å². The third kappa shape index (κ3) is 3.11. The lowest BCUT2D eigenvalue weighted by Gasteiger charge is -2.24. The number of rotatable bonds is 5. The monoisotopic (exact) mass is 264 g/mol. The summed E-state index contributed by atoms with van der Waals surface area (Å²) in [5, 5.41) is 14.5. The molecule has 0 saturated heterocycles. The highest BCUT2D eigenvalue weighted by Crippen LogP contribution is 2.28. The summed E-state index contributed by atoms with van der Waals surface area (Å²) in [5.41, 5.74) is 0.906. The molecule has 1 aromatic rings. The molecule has 0 heterocycles. The zero-order valence-electron chi connectivity index (χ0n) is 11.3. The van der Waals surface area contributed by atoms with Crippen LogP contribution in [0, 0.1) is 10.1 Å². The third-order valence-corrected chi connectivity index (χ3v) is 3.82. The summed E-state index contributed by atoms with van der Waals surface area (Å²) < 4.78 is 5.44. The Kier molecular flexibility index (Phi) is 4.50. The van der Waals surface area contributed by atoms with E-state index in [1.807, 2.05) is 19.1 Å². The van der Waals surface area contributed by atoms with Gasteiger partial charge in [-0.15, -0.1) is 0 Å². The maximum atomic E-state index is 11.0. The minimum Gasteiger partial charge on any atom is -0.380 e. The van der Waals surface area contributed by atoms with Crippen molar-refractivity contribution in [1.29, 1.82) is 0 Å². The van der Waals surface area contributed by atoms with E-state index >= 15 is 0 Å². The van der Waals surface area contributed by atoms with Gasteiger partial charge in [0.1, 0.15) is 0 Å². The van der Waals surface area contributed by atoms with E-state index in [0.29, 0.717) is 0 Å². The van der Waals surface area contributed by atoms with Gasteiger partial charge in [0.15, 0.2) is 0 Å². The summed E-state index contributed by atoms with van der Waals surface area (Å²) >= 11 is 0. The van der Waals surface area contributed by atoms with Gasteiger partial charge in [0.25, 0.3) is 5.69 Å². The smallest absolute Gasteiger partial charge is 0.274 e. The van der Waals surface area contributed by atoms with Crippen LogP contribution in [0.3, 0.4) is 0 Å². The number of nitro groups is 1. The van der Waals surface area contributed by atoms with E-state index in [1.165, 1.54) is 0 Å². The highest BCUT2D eigenvalue weighted by molar-refractivity contribution is 5.41. The minimum absolute atomic E-state index is 0.0534. The molecule has 0 aliphatic heterocycles. The number of ether oxygens (including phenoxy) is 1. The number of benzene rings is 1. The molecule has 0 amide bonds. The Morgan fingerprint density at radius 1 is 1.42 bits per heavy atom. The van der Waals surface area contributed by atoms with Gasteiger partial charge in [0, 0.05) is 30.8 Å². The lowest BCUT2D eigenvalue weighted by Crippen LogP contribution is -2.38. The molecule has 19 heavy (non-hydrogen) atoms. The van der Waals surface area contributed by atoms with Crippen molar-refractivity contribution < 1.29 is 9.66 Å². The topological polar surface area (TPSA) is 64.4 Å². The first-order valence-electron chi connectivity index (χ1n) is 6.65. The number of para-hydroxylation sites is 1. The van der Waals surface area contributed by atoms with Crippen LogP contribution in [0.1, 0.15) is 37.8 Å². The molecule has 2 rings (SSSR count). The number of nitrogens with one attached hydrogen (secondary N) is 1. The summed E-state index contributed by atoms with van der Waals surface area (Å²) in [6.45, 7) is 1.97. The fourth-order valence-corrected chi connectivity index (χ4v) is 2.83. The maximum absolute atomic E-state index is 11.0. The Hall–Kier alpha value is -1.46. The van der Waals surface area contributed by atoms with Crippen LogP contribution in [0.25, 0.3) is 0 Å². The SMILES string of the molecule is COC1CCCC1NC(C)c1ccccc1[N+](=O)[O-]. The van der Waals surface area contributed by atoms with Crippen molar-refractivity contribution in [3.8, 4) is 0 Å². The first-order valence-corrected chi connectivity index (χ1v) is 6.65. The van der Waals surface area contributed by atoms with Gasteiger partial charge in [0.2, 0.25) is 0 Å². The maximum Gasteiger partial charge on any atom is 0.274 e. The predicted molar refractivity (Wildman–Crippen MR) is 73.1 cm³/mol. The summed E-state index contributed by atoms with van der Waals surface area (Å²) in [6.07, 6.45) is 3.46. The second-order valence-corrected chi connectivity index (χ2v) is 5.02. The van der Waals surface area contributed by atoms with Crippen molar-refractivity contribution in [2.75, 3.05) is 7.11 Å². The zero-order chi connectivity index (χ0) is 13.8. The molecule has 5 nitrogen and oxygen atoms in total. The number of methoxy groups -OCH3 is 1. The van der Waals surface area contributed by atoms with Crippen LogP contribution in [0.2, 0.25) is 0 Å². The molecular formula is C14H20N2O3. The Morgan fingerprint density at radius 2 is 2.16 bits per heavy atom. The summed E-state index contributed by atoms with van der Waals surface area (Å²) in [6, 6.07) is 7.12. The van der Waals surface area contributed by atoms with Gasteiger partial charge in [-0.2, -0.15) is 0 Å². The Labute approximate surface area is 113 Å². The molecule has 0 spiro atoms. The lowest BCUT2D eigenvalue weighted by molar-refractivity contribution is -0.385. The molecule has 0 bridgehead atoms. The molecule has 1 aromatic carbocycles. The molecule has 0 radical (unpaired) electrons. The number of nitro benzene ring substituents is 1. The molecule has 1 aliphatic rings. The zero-order valence-corrected chi connectivity index (χ0v) is 11.3. The Morgan fingerprint density at radius 3 is 2.84 bits per heavy atom. The van der Waals surface area contributed by atoms with Crippen molar-refractivity contribution in [3.63, 3.8) is 0 Å². The van der Waals surface area contributed by atoms with Crippen molar-refractivity contribution in [1.82, 2.24) is 5.32 Å². The molecule has 3 unspecified atom stereocenters. The molecule has 1 saturated carbocycles.